The van der Waals surface area contributed by atoms with E-state index < -0.39 is 23.1 Å². The van der Waals surface area contributed by atoms with Gasteiger partial charge in [-0.25, -0.2) is 4.39 Å². The zero-order valence-electron chi connectivity index (χ0n) is 16.6. The second kappa shape index (κ2) is 9.58. The third kappa shape index (κ3) is 5.27. The van der Waals surface area contributed by atoms with Crippen molar-refractivity contribution in [2.75, 3.05) is 13.1 Å². The number of rotatable bonds is 7. The van der Waals surface area contributed by atoms with Gasteiger partial charge >= 0.3 is 0 Å². The topological polar surface area (TPSA) is 75.7 Å². The average Bonchev–Trinajstić information content (AvgIpc) is 2.97. The van der Waals surface area contributed by atoms with Crippen molar-refractivity contribution in [2.45, 2.75) is 20.0 Å². The molecule has 0 saturated carbocycles. The molecule has 3 rings (SSSR count). The third-order valence-electron chi connectivity index (χ3n) is 4.37. The number of benzene rings is 2. The molecule has 1 heterocycles. The predicted molar refractivity (Wildman–Crippen MR) is 113 cm³/mol. The van der Waals surface area contributed by atoms with Crippen molar-refractivity contribution < 1.29 is 23.5 Å². The van der Waals surface area contributed by atoms with Crippen molar-refractivity contribution in [2.24, 2.45) is 0 Å². The molecule has 0 spiro atoms. The number of thioether (sulfide) groups is 1. The van der Waals surface area contributed by atoms with E-state index in [1.165, 1.54) is 18.2 Å². The van der Waals surface area contributed by atoms with Crippen LogP contribution >= 0.6 is 11.8 Å². The number of aryl methyl sites for hydroxylation is 1. The van der Waals surface area contributed by atoms with E-state index in [4.69, 9.17) is 4.74 Å². The number of nitrogens with one attached hydrogen (secondary N) is 1. The minimum absolute atomic E-state index is 0.0161. The SMILES string of the molecule is Cc1cccc(OC(C)C(=O)NCCN2C(=O)SC(=Cc3ccccc3F)C2=O)c1. The summed E-state index contributed by atoms with van der Waals surface area (Å²) in [6, 6.07) is 13.4. The highest BCUT2D eigenvalue weighted by Gasteiger charge is 2.34. The molecule has 1 N–H and O–H groups in total. The lowest BCUT2D eigenvalue weighted by Crippen LogP contribution is -2.41. The van der Waals surface area contributed by atoms with Gasteiger partial charge in [-0.05, 0) is 55.4 Å². The zero-order valence-corrected chi connectivity index (χ0v) is 17.4. The molecule has 2 aromatic carbocycles. The number of carbonyl (C=O) groups is 3. The van der Waals surface area contributed by atoms with Gasteiger partial charge in [0.1, 0.15) is 11.6 Å². The molecule has 1 aliphatic heterocycles. The van der Waals surface area contributed by atoms with Crippen LogP contribution in [0, 0.1) is 12.7 Å². The summed E-state index contributed by atoms with van der Waals surface area (Å²) < 4.78 is 19.4. The normalized spacial score (nSPS) is 16.1. The van der Waals surface area contributed by atoms with Crippen LogP contribution in [0.3, 0.4) is 0 Å². The Morgan fingerprint density at radius 2 is 2.00 bits per heavy atom. The zero-order chi connectivity index (χ0) is 21.7. The Balaban J connectivity index is 1.53. The van der Waals surface area contributed by atoms with Crippen LogP contribution in [0.2, 0.25) is 0 Å². The molecule has 1 saturated heterocycles. The van der Waals surface area contributed by atoms with E-state index in [2.05, 4.69) is 5.32 Å². The highest BCUT2D eigenvalue weighted by Crippen LogP contribution is 2.32. The standard InChI is InChI=1S/C22H21FN2O4S/c1-14-6-5-8-17(12-14)29-15(2)20(26)24-10-11-25-21(27)19(30-22(25)28)13-16-7-3-4-9-18(16)23/h3-9,12-13,15H,10-11H2,1-2H3,(H,24,26). The largest absolute Gasteiger partial charge is 0.481 e. The quantitative estimate of drug-likeness (QED) is 0.680. The molecule has 156 valence electrons. The van der Waals surface area contributed by atoms with Crippen LogP contribution in [0.15, 0.2) is 53.4 Å². The van der Waals surface area contributed by atoms with Crippen molar-refractivity contribution in [3.8, 4) is 5.75 Å². The van der Waals surface area contributed by atoms with Gasteiger partial charge in [0.25, 0.3) is 17.1 Å². The second-order valence-electron chi connectivity index (χ2n) is 6.72. The average molecular weight is 428 g/mol. The Morgan fingerprint density at radius 3 is 2.73 bits per heavy atom. The van der Waals surface area contributed by atoms with Gasteiger partial charge in [-0.2, -0.15) is 0 Å². The lowest BCUT2D eigenvalue weighted by molar-refractivity contribution is -0.128. The first-order valence-corrected chi connectivity index (χ1v) is 10.2. The fourth-order valence-electron chi connectivity index (χ4n) is 2.81. The summed E-state index contributed by atoms with van der Waals surface area (Å²) >= 11 is 0.748. The van der Waals surface area contributed by atoms with E-state index in [1.54, 1.807) is 25.1 Å². The number of ether oxygens (including phenoxy) is 1. The summed E-state index contributed by atoms with van der Waals surface area (Å²) in [7, 11) is 0. The molecule has 30 heavy (non-hydrogen) atoms. The Kier molecular flexibility index (Phi) is 6.89. The summed E-state index contributed by atoms with van der Waals surface area (Å²) in [5, 5.41) is 2.20. The number of nitrogens with zero attached hydrogens (tertiary/aromatic N) is 1. The van der Waals surface area contributed by atoms with Crippen LogP contribution in [0.25, 0.3) is 6.08 Å². The van der Waals surface area contributed by atoms with Crippen molar-refractivity contribution in [1.29, 1.82) is 0 Å². The van der Waals surface area contributed by atoms with E-state index in [0.29, 0.717) is 5.75 Å². The number of hydrogen-bond acceptors (Lipinski definition) is 5. The molecule has 1 aliphatic rings. The minimum Gasteiger partial charge on any atom is -0.481 e. The molecular weight excluding hydrogens is 407 g/mol. The van der Waals surface area contributed by atoms with Crippen molar-refractivity contribution in [1.82, 2.24) is 10.2 Å². The summed E-state index contributed by atoms with van der Waals surface area (Å²) in [6.07, 6.45) is 0.624. The van der Waals surface area contributed by atoms with Gasteiger partial charge in [0.2, 0.25) is 0 Å². The Hall–Kier alpha value is -3.13. The van der Waals surface area contributed by atoms with Gasteiger partial charge < -0.3 is 10.1 Å². The van der Waals surface area contributed by atoms with Crippen LogP contribution in [-0.2, 0) is 9.59 Å². The first kappa shape index (κ1) is 21.6. The van der Waals surface area contributed by atoms with Gasteiger partial charge in [0, 0.05) is 18.7 Å². The van der Waals surface area contributed by atoms with E-state index in [9.17, 15) is 18.8 Å². The van der Waals surface area contributed by atoms with Gasteiger partial charge in [-0.15, -0.1) is 0 Å². The predicted octanol–water partition coefficient (Wildman–Crippen LogP) is 3.75. The molecule has 1 unspecified atom stereocenters. The number of hydrogen-bond donors (Lipinski definition) is 1. The lowest BCUT2D eigenvalue weighted by Gasteiger charge is -2.17. The number of carbonyl (C=O) groups excluding carboxylic acids is 3. The van der Waals surface area contributed by atoms with Crippen LogP contribution in [0.1, 0.15) is 18.1 Å². The summed E-state index contributed by atoms with van der Waals surface area (Å²) in [5.74, 6) is -0.752. The third-order valence-corrected chi connectivity index (χ3v) is 5.28. The molecule has 8 heteroatoms. The molecule has 1 atom stereocenters. The molecule has 6 nitrogen and oxygen atoms in total. The van der Waals surface area contributed by atoms with Crippen molar-refractivity contribution in [3.63, 3.8) is 0 Å². The Morgan fingerprint density at radius 1 is 1.23 bits per heavy atom. The van der Waals surface area contributed by atoms with Crippen molar-refractivity contribution >= 4 is 34.9 Å². The number of imide groups is 1. The summed E-state index contributed by atoms with van der Waals surface area (Å²) in [5.41, 5.74) is 1.25. The smallest absolute Gasteiger partial charge is 0.293 e. The van der Waals surface area contributed by atoms with Gasteiger partial charge in [0.15, 0.2) is 6.10 Å². The lowest BCUT2D eigenvalue weighted by atomic mass is 10.2. The summed E-state index contributed by atoms with van der Waals surface area (Å²) in [4.78, 5) is 38.0. The molecule has 0 aromatic heterocycles. The van der Waals surface area contributed by atoms with Gasteiger partial charge in [-0.1, -0.05) is 30.3 Å². The van der Waals surface area contributed by atoms with E-state index in [1.807, 2.05) is 25.1 Å². The molecule has 0 aliphatic carbocycles. The highest BCUT2D eigenvalue weighted by molar-refractivity contribution is 8.18. The van der Waals surface area contributed by atoms with Crippen LogP contribution in [0.5, 0.6) is 5.75 Å². The molecule has 1 fully saturated rings. The van der Waals surface area contributed by atoms with Crippen LogP contribution < -0.4 is 10.1 Å². The number of amides is 3. The number of halogens is 1. The molecule has 0 bridgehead atoms. The van der Waals surface area contributed by atoms with E-state index >= 15 is 0 Å². The fraction of sp³-hybridized carbons (Fsp3) is 0.227. The first-order valence-electron chi connectivity index (χ1n) is 9.36. The first-order chi connectivity index (χ1) is 14.3. The van der Waals surface area contributed by atoms with Gasteiger partial charge in [0.05, 0.1) is 4.91 Å². The van der Waals surface area contributed by atoms with Crippen molar-refractivity contribution in [3.05, 3.63) is 70.4 Å². The highest BCUT2D eigenvalue weighted by atomic mass is 32.2. The minimum atomic E-state index is -0.734. The fourth-order valence-corrected chi connectivity index (χ4v) is 3.66. The monoisotopic (exact) mass is 428 g/mol. The second-order valence-corrected chi connectivity index (χ2v) is 7.72. The van der Waals surface area contributed by atoms with Crippen LogP contribution in [0.4, 0.5) is 9.18 Å². The maximum Gasteiger partial charge on any atom is 0.293 e. The Bertz CT molecular complexity index is 1010. The summed E-state index contributed by atoms with van der Waals surface area (Å²) in [6.45, 7) is 3.65. The maximum absolute atomic E-state index is 13.8. The molecular formula is C22H21FN2O4S. The molecule has 3 amide bonds. The Labute approximate surface area is 178 Å². The molecule has 2 aromatic rings. The maximum atomic E-state index is 13.8. The van der Waals surface area contributed by atoms with Gasteiger partial charge in [-0.3, -0.25) is 19.3 Å². The molecule has 0 radical (unpaired) electrons. The van der Waals surface area contributed by atoms with E-state index in [-0.39, 0.29) is 29.5 Å². The van der Waals surface area contributed by atoms with Crippen LogP contribution in [-0.4, -0.2) is 41.1 Å². The van der Waals surface area contributed by atoms with E-state index in [0.717, 1.165) is 22.2 Å².